The normalized spacial score (nSPS) is 10.3. The average molecular weight is 322 g/mol. The van der Waals surface area contributed by atoms with Crippen molar-refractivity contribution in [3.05, 3.63) is 87.2 Å². The highest BCUT2D eigenvalue weighted by atomic mass is 35.5. The first kappa shape index (κ1) is 15.0. The van der Waals surface area contributed by atoms with Gasteiger partial charge < -0.3 is 0 Å². The molecule has 0 N–H and O–H groups in total. The summed E-state index contributed by atoms with van der Waals surface area (Å²) >= 11 is 5.89. The number of halogens is 1. The van der Waals surface area contributed by atoms with Crippen molar-refractivity contribution in [2.24, 2.45) is 0 Å². The van der Waals surface area contributed by atoms with E-state index in [1.54, 1.807) is 30.3 Å². The van der Waals surface area contributed by atoms with Crippen molar-refractivity contribution < 1.29 is 0 Å². The molecule has 1 aromatic heterocycles. The maximum absolute atomic E-state index is 12.0. The van der Waals surface area contributed by atoms with Crippen molar-refractivity contribution in [1.29, 1.82) is 5.26 Å². The van der Waals surface area contributed by atoms with Crippen molar-refractivity contribution in [3.63, 3.8) is 0 Å². The van der Waals surface area contributed by atoms with E-state index in [2.05, 4.69) is 11.2 Å². The van der Waals surface area contributed by atoms with Crippen LogP contribution in [0.3, 0.4) is 0 Å². The molecule has 0 atom stereocenters. The zero-order valence-corrected chi connectivity index (χ0v) is 12.9. The standard InChI is InChI=1S/C18H12ClN3O/c19-16-7-5-15(6-8-16)17-9-10-18(23)22(21-17)12-14-3-1-13(11-20)2-4-14/h1-10H,12H2. The summed E-state index contributed by atoms with van der Waals surface area (Å²) in [7, 11) is 0. The number of hydrogen-bond donors (Lipinski definition) is 0. The van der Waals surface area contributed by atoms with E-state index in [4.69, 9.17) is 16.9 Å². The summed E-state index contributed by atoms with van der Waals surface area (Å²) in [4.78, 5) is 12.0. The second-order valence-electron chi connectivity index (χ2n) is 5.03. The third-order valence-corrected chi connectivity index (χ3v) is 3.67. The SMILES string of the molecule is N#Cc1ccc(Cn2nc(-c3ccc(Cl)cc3)ccc2=O)cc1. The number of nitriles is 1. The highest BCUT2D eigenvalue weighted by Gasteiger charge is 2.05. The summed E-state index contributed by atoms with van der Waals surface area (Å²) in [5.74, 6) is 0. The molecule has 2 aromatic carbocycles. The lowest BCUT2D eigenvalue weighted by atomic mass is 10.1. The molecule has 3 aromatic rings. The van der Waals surface area contributed by atoms with Gasteiger partial charge in [-0.15, -0.1) is 0 Å². The maximum Gasteiger partial charge on any atom is 0.267 e. The fourth-order valence-corrected chi connectivity index (χ4v) is 2.32. The molecule has 0 radical (unpaired) electrons. The van der Waals surface area contributed by atoms with E-state index in [1.165, 1.54) is 10.7 Å². The summed E-state index contributed by atoms with van der Waals surface area (Å²) in [5.41, 5.74) is 2.92. The molecule has 112 valence electrons. The summed E-state index contributed by atoms with van der Waals surface area (Å²) in [6.07, 6.45) is 0. The number of rotatable bonds is 3. The lowest BCUT2D eigenvalue weighted by Gasteiger charge is -2.07. The van der Waals surface area contributed by atoms with Crippen LogP contribution in [-0.4, -0.2) is 9.78 Å². The van der Waals surface area contributed by atoms with Gasteiger partial charge in [0.15, 0.2) is 0 Å². The van der Waals surface area contributed by atoms with Crippen LogP contribution in [0, 0.1) is 11.3 Å². The predicted molar refractivity (Wildman–Crippen MR) is 89.2 cm³/mol. The van der Waals surface area contributed by atoms with Crippen LogP contribution in [0.4, 0.5) is 0 Å². The van der Waals surface area contributed by atoms with Crippen LogP contribution in [0.25, 0.3) is 11.3 Å². The Morgan fingerprint density at radius 1 is 1.00 bits per heavy atom. The Morgan fingerprint density at radius 3 is 2.35 bits per heavy atom. The molecule has 0 unspecified atom stereocenters. The van der Waals surface area contributed by atoms with Crippen molar-refractivity contribution in [1.82, 2.24) is 9.78 Å². The maximum atomic E-state index is 12.0. The van der Waals surface area contributed by atoms with Gasteiger partial charge in [-0.1, -0.05) is 35.9 Å². The molecular weight excluding hydrogens is 310 g/mol. The number of benzene rings is 2. The van der Waals surface area contributed by atoms with Crippen LogP contribution >= 0.6 is 11.6 Å². The third-order valence-electron chi connectivity index (χ3n) is 3.42. The smallest absolute Gasteiger partial charge is 0.267 e. The molecule has 0 bridgehead atoms. The molecule has 0 aliphatic carbocycles. The molecule has 0 spiro atoms. The quantitative estimate of drug-likeness (QED) is 0.742. The van der Waals surface area contributed by atoms with E-state index in [1.807, 2.05) is 24.3 Å². The van der Waals surface area contributed by atoms with Crippen molar-refractivity contribution in [3.8, 4) is 17.3 Å². The molecular formula is C18H12ClN3O. The van der Waals surface area contributed by atoms with Crippen LogP contribution in [0.2, 0.25) is 5.02 Å². The molecule has 0 saturated carbocycles. The lowest BCUT2D eigenvalue weighted by molar-refractivity contribution is 0.643. The van der Waals surface area contributed by atoms with Gasteiger partial charge in [-0.2, -0.15) is 10.4 Å². The molecule has 5 heteroatoms. The summed E-state index contributed by atoms with van der Waals surface area (Å²) in [6.45, 7) is 0.353. The Morgan fingerprint density at radius 2 is 1.70 bits per heavy atom. The first-order valence-corrected chi connectivity index (χ1v) is 7.37. The number of aromatic nitrogens is 2. The van der Waals surface area contributed by atoms with Gasteiger partial charge in [-0.05, 0) is 35.9 Å². The minimum Gasteiger partial charge on any atom is -0.268 e. The molecule has 0 aliphatic heterocycles. The van der Waals surface area contributed by atoms with Crippen molar-refractivity contribution >= 4 is 11.6 Å². The lowest BCUT2D eigenvalue weighted by Crippen LogP contribution is -2.22. The minimum atomic E-state index is -0.174. The molecule has 0 saturated heterocycles. The van der Waals surface area contributed by atoms with Crippen LogP contribution in [0.5, 0.6) is 0 Å². The average Bonchev–Trinajstić information content (AvgIpc) is 2.58. The van der Waals surface area contributed by atoms with Gasteiger partial charge in [0.25, 0.3) is 5.56 Å². The van der Waals surface area contributed by atoms with E-state index >= 15 is 0 Å². The van der Waals surface area contributed by atoms with Gasteiger partial charge in [0.1, 0.15) is 0 Å². The van der Waals surface area contributed by atoms with E-state index in [9.17, 15) is 4.79 Å². The largest absolute Gasteiger partial charge is 0.268 e. The first-order valence-electron chi connectivity index (χ1n) is 6.99. The van der Waals surface area contributed by atoms with Gasteiger partial charge in [0.2, 0.25) is 0 Å². The highest BCUT2D eigenvalue weighted by molar-refractivity contribution is 6.30. The Hall–Kier alpha value is -2.90. The Balaban J connectivity index is 1.92. The van der Waals surface area contributed by atoms with Crippen LogP contribution in [0.1, 0.15) is 11.1 Å². The predicted octanol–water partition coefficient (Wildman–Crippen LogP) is 3.48. The van der Waals surface area contributed by atoms with Crippen molar-refractivity contribution in [2.75, 3.05) is 0 Å². The van der Waals surface area contributed by atoms with Gasteiger partial charge >= 0.3 is 0 Å². The monoisotopic (exact) mass is 321 g/mol. The van der Waals surface area contributed by atoms with Crippen molar-refractivity contribution in [2.45, 2.75) is 6.54 Å². The van der Waals surface area contributed by atoms with Gasteiger partial charge in [-0.25, -0.2) is 4.68 Å². The Bertz CT molecular complexity index is 922. The first-order chi connectivity index (χ1) is 11.2. The van der Waals surface area contributed by atoms with E-state index in [0.717, 1.165) is 11.1 Å². The molecule has 3 rings (SSSR count). The fourth-order valence-electron chi connectivity index (χ4n) is 2.19. The molecule has 23 heavy (non-hydrogen) atoms. The Labute approximate surface area is 138 Å². The number of hydrogen-bond acceptors (Lipinski definition) is 3. The fraction of sp³-hybridized carbons (Fsp3) is 0.0556. The zero-order valence-electron chi connectivity index (χ0n) is 12.1. The zero-order chi connectivity index (χ0) is 16.2. The highest BCUT2D eigenvalue weighted by Crippen LogP contribution is 2.18. The van der Waals surface area contributed by atoms with Gasteiger partial charge in [0.05, 0.1) is 23.9 Å². The topological polar surface area (TPSA) is 58.7 Å². The molecule has 0 aliphatic rings. The van der Waals surface area contributed by atoms with Crippen LogP contribution < -0.4 is 5.56 Å². The second kappa shape index (κ2) is 6.47. The Kier molecular flexibility index (Phi) is 4.22. The molecule has 0 amide bonds. The second-order valence-corrected chi connectivity index (χ2v) is 5.47. The van der Waals surface area contributed by atoms with E-state index < -0.39 is 0 Å². The third kappa shape index (κ3) is 3.47. The van der Waals surface area contributed by atoms with E-state index in [-0.39, 0.29) is 5.56 Å². The van der Waals surface area contributed by atoms with E-state index in [0.29, 0.717) is 22.8 Å². The summed E-state index contributed by atoms with van der Waals surface area (Å²) < 4.78 is 1.41. The minimum absolute atomic E-state index is 0.174. The van der Waals surface area contributed by atoms with Gasteiger partial charge in [-0.3, -0.25) is 4.79 Å². The number of nitrogens with zero attached hydrogens (tertiary/aromatic N) is 3. The van der Waals surface area contributed by atoms with Crippen LogP contribution in [-0.2, 0) is 6.54 Å². The van der Waals surface area contributed by atoms with Gasteiger partial charge in [0, 0.05) is 16.7 Å². The summed E-state index contributed by atoms with van der Waals surface area (Å²) in [6, 6.07) is 19.7. The van der Waals surface area contributed by atoms with Crippen LogP contribution in [0.15, 0.2) is 65.5 Å². The molecule has 4 nitrogen and oxygen atoms in total. The molecule has 0 fully saturated rings. The summed E-state index contributed by atoms with van der Waals surface area (Å²) in [5, 5.41) is 13.9. The molecule has 1 heterocycles.